The highest BCUT2D eigenvalue weighted by molar-refractivity contribution is 6.05. The van der Waals surface area contributed by atoms with Gasteiger partial charge >= 0.3 is 0 Å². The minimum absolute atomic E-state index is 0.0629. The number of nitrogens with one attached hydrogen (secondary N) is 1. The zero-order valence-electron chi connectivity index (χ0n) is 10.6. The van der Waals surface area contributed by atoms with Crippen molar-refractivity contribution in [3.8, 4) is 0 Å². The van der Waals surface area contributed by atoms with Crippen molar-refractivity contribution < 1.29 is 18.8 Å². The molecule has 2 rings (SSSR count). The smallest absolute Gasteiger partial charge is 0.250 e. The molecule has 106 valence electrons. The second-order valence-electron chi connectivity index (χ2n) is 4.47. The molecule has 0 radical (unpaired) electrons. The Labute approximate surface area is 113 Å². The Kier molecular flexibility index (Phi) is 3.31. The third kappa shape index (κ3) is 2.27. The fraction of sp³-hybridized carbons (Fsp3) is 0.250. The predicted octanol–water partition coefficient (Wildman–Crippen LogP) is -0.642. The van der Waals surface area contributed by atoms with Gasteiger partial charge in [0.15, 0.2) is 0 Å². The van der Waals surface area contributed by atoms with Crippen LogP contribution in [0, 0.1) is 5.82 Å². The van der Waals surface area contributed by atoms with Gasteiger partial charge in [-0.3, -0.25) is 19.7 Å². The summed E-state index contributed by atoms with van der Waals surface area (Å²) in [5, 5.41) is 2.14. The summed E-state index contributed by atoms with van der Waals surface area (Å²) in [5.74, 6) is -2.64. The Hall–Kier alpha value is -2.64. The van der Waals surface area contributed by atoms with Crippen molar-refractivity contribution >= 4 is 29.1 Å². The van der Waals surface area contributed by atoms with Gasteiger partial charge in [-0.15, -0.1) is 0 Å². The third-order valence-corrected chi connectivity index (χ3v) is 3.12. The molecule has 1 saturated heterocycles. The van der Waals surface area contributed by atoms with Crippen LogP contribution in [0.4, 0.5) is 15.8 Å². The van der Waals surface area contributed by atoms with Crippen LogP contribution < -0.4 is 21.7 Å². The van der Waals surface area contributed by atoms with Gasteiger partial charge in [0.2, 0.25) is 11.8 Å². The van der Waals surface area contributed by atoms with E-state index in [1.165, 1.54) is 11.8 Å². The average Bonchev–Trinajstić information content (AvgIpc) is 2.33. The van der Waals surface area contributed by atoms with Crippen molar-refractivity contribution in [2.45, 2.75) is 13.0 Å². The number of nitrogens with zero attached hydrogens (tertiary/aromatic N) is 1. The topological polar surface area (TPSA) is 119 Å². The van der Waals surface area contributed by atoms with E-state index in [2.05, 4.69) is 5.32 Å². The first-order valence-electron chi connectivity index (χ1n) is 5.80. The van der Waals surface area contributed by atoms with E-state index in [9.17, 15) is 18.8 Å². The van der Waals surface area contributed by atoms with Gasteiger partial charge in [0.25, 0.3) is 5.91 Å². The Bertz CT molecular complexity index is 617. The number of nitrogens with two attached hydrogens (primary N) is 2. The molecule has 0 spiro atoms. The van der Waals surface area contributed by atoms with Crippen LogP contribution in [-0.4, -0.2) is 30.3 Å². The number of anilines is 2. The summed E-state index contributed by atoms with van der Waals surface area (Å²) >= 11 is 0. The zero-order valence-corrected chi connectivity index (χ0v) is 10.6. The normalized spacial score (nSPS) is 18.9. The number of primary amides is 1. The number of hydrogen-bond donors (Lipinski definition) is 3. The van der Waals surface area contributed by atoms with Gasteiger partial charge < -0.3 is 16.4 Å². The first-order chi connectivity index (χ1) is 9.31. The van der Waals surface area contributed by atoms with Crippen LogP contribution in [-0.2, 0) is 9.59 Å². The molecule has 0 saturated carbocycles. The number of amides is 3. The quantitative estimate of drug-likeness (QED) is 0.492. The standard InChI is InChI=1S/C12H13FN4O3/c1-5-12(20)16-10(18)4-17(5)9-2-6(11(15)19)8(14)3-7(9)13/h2-3,5H,4,14H2,1H3,(H2,15,19)(H,16,18,20). The first-order valence-corrected chi connectivity index (χ1v) is 5.80. The highest BCUT2D eigenvalue weighted by Gasteiger charge is 2.32. The maximum absolute atomic E-state index is 14.0. The highest BCUT2D eigenvalue weighted by Crippen LogP contribution is 2.27. The molecule has 7 nitrogen and oxygen atoms in total. The van der Waals surface area contributed by atoms with Crippen molar-refractivity contribution in [1.29, 1.82) is 0 Å². The van der Waals surface area contributed by atoms with E-state index in [4.69, 9.17) is 11.5 Å². The molecule has 1 fully saturated rings. The molecule has 0 bridgehead atoms. The SMILES string of the molecule is CC1C(=O)NC(=O)CN1c1cc(C(N)=O)c(N)cc1F. The third-order valence-electron chi connectivity index (χ3n) is 3.12. The van der Waals surface area contributed by atoms with Crippen LogP contribution in [0.2, 0.25) is 0 Å². The summed E-state index contributed by atoms with van der Waals surface area (Å²) in [5.41, 5.74) is 10.4. The molecule has 1 aliphatic heterocycles. The summed E-state index contributed by atoms with van der Waals surface area (Å²) < 4.78 is 14.0. The minimum Gasteiger partial charge on any atom is -0.398 e. The second kappa shape index (κ2) is 4.80. The Morgan fingerprint density at radius 3 is 2.70 bits per heavy atom. The molecule has 8 heteroatoms. The van der Waals surface area contributed by atoms with E-state index in [0.717, 1.165) is 12.1 Å². The molecule has 3 amide bonds. The van der Waals surface area contributed by atoms with Gasteiger partial charge in [0.05, 0.1) is 17.8 Å². The summed E-state index contributed by atoms with van der Waals surface area (Å²) in [4.78, 5) is 35.4. The van der Waals surface area contributed by atoms with Crippen LogP contribution in [0.5, 0.6) is 0 Å². The highest BCUT2D eigenvalue weighted by atomic mass is 19.1. The lowest BCUT2D eigenvalue weighted by Crippen LogP contribution is -2.57. The summed E-state index contributed by atoms with van der Waals surface area (Å²) in [7, 11) is 0. The molecule has 1 atom stereocenters. The number of halogens is 1. The average molecular weight is 280 g/mol. The number of hydrogen-bond acceptors (Lipinski definition) is 5. The second-order valence-corrected chi connectivity index (χ2v) is 4.47. The Balaban J connectivity index is 2.51. The van der Waals surface area contributed by atoms with Gasteiger partial charge in [-0.1, -0.05) is 0 Å². The lowest BCUT2D eigenvalue weighted by atomic mass is 10.1. The molecule has 20 heavy (non-hydrogen) atoms. The van der Waals surface area contributed by atoms with E-state index in [0.29, 0.717) is 0 Å². The summed E-state index contributed by atoms with van der Waals surface area (Å²) in [6.45, 7) is 1.31. The molecule has 1 aromatic rings. The van der Waals surface area contributed by atoms with E-state index >= 15 is 0 Å². The van der Waals surface area contributed by atoms with Gasteiger partial charge in [0, 0.05) is 5.69 Å². The number of carbonyl (C=O) groups excluding carboxylic acids is 3. The van der Waals surface area contributed by atoms with Crippen LogP contribution in [0.3, 0.4) is 0 Å². The maximum Gasteiger partial charge on any atom is 0.250 e. The van der Waals surface area contributed by atoms with Gasteiger partial charge in [-0.25, -0.2) is 4.39 Å². The molecule has 0 aromatic heterocycles. The van der Waals surface area contributed by atoms with Crippen molar-refractivity contribution in [1.82, 2.24) is 5.32 Å². The number of benzene rings is 1. The largest absolute Gasteiger partial charge is 0.398 e. The number of imide groups is 1. The maximum atomic E-state index is 14.0. The van der Waals surface area contributed by atoms with Crippen LogP contribution in [0.25, 0.3) is 0 Å². The molecule has 1 aliphatic rings. The monoisotopic (exact) mass is 280 g/mol. The summed E-state index contributed by atoms with van der Waals surface area (Å²) in [6.07, 6.45) is 0. The summed E-state index contributed by atoms with van der Waals surface area (Å²) in [6, 6.07) is 1.33. The predicted molar refractivity (Wildman–Crippen MR) is 69.3 cm³/mol. The molecular formula is C12H13FN4O3. The number of nitrogen functional groups attached to an aromatic ring is 1. The lowest BCUT2D eigenvalue weighted by Gasteiger charge is -2.33. The van der Waals surface area contributed by atoms with E-state index in [1.54, 1.807) is 0 Å². The van der Waals surface area contributed by atoms with E-state index in [-0.39, 0.29) is 23.5 Å². The van der Waals surface area contributed by atoms with Gasteiger partial charge in [-0.05, 0) is 19.1 Å². The van der Waals surface area contributed by atoms with Crippen molar-refractivity contribution in [2.24, 2.45) is 5.73 Å². The number of carbonyl (C=O) groups is 3. The van der Waals surface area contributed by atoms with Crippen LogP contribution in [0.1, 0.15) is 17.3 Å². The molecule has 1 aromatic carbocycles. The van der Waals surface area contributed by atoms with Crippen molar-refractivity contribution in [2.75, 3.05) is 17.2 Å². The molecular weight excluding hydrogens is 267 g/mol. The van der Waals surface area contributed by atoms with Crippen LogP contribution >= 0.6 is 0 Å². The first kappa shape index (κ1) is 13.8. The molecule has 0 aliphatic carbocycles. The zero-order chi connectivity index (χ0) is 15.0. The molecule has 1 heterocycles. The molecule has 1 unspecified atom stereocenters. The molecule has 5 N–H and O–H groups in total. The Morgan fingerprint density at radius 2 is 2.10 bits per heavy atom. The van der Waals surface area contributed by atoms with Gasteiger partial charge in [0.1, 0.15) is 11.9 Å². The lowest BCUT2D eigenvalue weighted by molar-refractivity contribution is -0.132. The number of rotatable bonds is 2. The van der Waals surface area contributed by atoms with E-state index in [1.807, 2.05) is 0 Å². The Morgan fingerprint density at radius 1 is 1.45 bits per heavy atom. The van der Waals surface area contributed by atoms with Crippen molar-refractivity contribution in [3.63, 3.8) is 0 Å². The van der Waals surface area contributed by atoms with Crippen molar-refractivity contribution in [3.05, 3.63) is 23.5 Å². The fourth-order valence-corrected chi connectivity index (χ4v) is 2.02. The van der Waals surface area contributed by atoms with Crippen LogP contribution in [0.15, 0.2) is 12.1 Å². The van der Waals surface area contributed by atoms with E-state index < -0.39 is 29.6 Å². The van der Waals surface area contributed by atoms with Gasteiger partial charge in [-0.2, -0.15) is 0 Å². The fourth-order valence-electron chi connectivity index (χ4n) is 2.02. The number of piperazine rings is 1. The minimum atomic E-state index is -0.816.